The molecule has 156 valence electrons. The Kier molecular flexibility index (Phi) is 23.3. The summed E-state index contributed by atoms with van der Waals surface area (Å²) in [6.45, 7) is 7.91. The van der Waals surface area contributed by atoms with Crippen LogP contribution in [0.2, 0.25) is 6.04 Å². The van der Waals surface area contributed by atoms with Crippen molar-refractivity contribution in [3.8, 4) is 0 Å². The molecule has 0 N–H and O–H groups in total. The molecule has 0 bridgehead atoms. The largest absolute Gasteiger partial charge is 0.357 e. The fraction of sp³-hybridized carbons (Fsp3) is 1.00. The summed E-state index contributed by atoms with van der Waals surface area (Å²) in [6.07, 6.45) is 23.0. The second-order valence-corrected chi connectivity index (χ2v) is 8.88. The minimum atomic E-state index is 0.0568. The molecule has 0 saturated carbocycles. The quantitative estimate of drug-likeness (QED) is 0.108. The highest BCUT2D eigenvalue weighted by atomic mass is 28.2. The monoisotopic (exact) mass is 384 g/mol. The van der Waals surface area contributed by atoms with Gasteiger partial charge in [0.1, 0.15) is 15.4 Å². The third-order valence-electron chi connectivity index (χ3n) is 4.98. The lowest BCUT2D eigenvalue weighted by atomic mass is 10.0. The van der Waals surface area contributed by atoms with E-state index in [-0.39, 0.29) is 5.91 Å². The van der Waals surface area contributed by atoms with Gasteiger partial charge in [-0.15, -0.1) is 0 Å². The summed E-state index contributed by atoms with van der Waals surface area (Å²) in [5.41, 5.74) is 0. The molecule has 0 saturated heterocycles. The molecule has 0 amide bonds. The first kappa shape index (κ1) is 26.1. The molecule has 0 fully saturated rings. The van der Waals surface area contributed by atoms with Gasteiger partial charge in [-0.25, -0.2) is 0 Å². The van der Waals surface area contributed by atoms with Crippen LogP contribution in [0, 0.1) is 0 Å². The Morgan fingerprint density at radius 2 is 0.846 bits per heavy atom. The maximum atomic E-state index is 5.60. The molecular weight excluding hydrogens is 336 g/mol. The zero-order chi connectivity index (χ0) is 19.1. The van der Waals surface area contributed by atoms with Gasteiger partial charge >= 0.3 is 0 Å². The highest BCUT2D eigenvalue weighted by molar-refractivity contribution is 6.36. The van der Waals surface area contributed by atoms with Gasteiger partial charge in [-0.1, -0.05) is 116 Å². The second kappa shape index (κ2) is 23.2. The molecule has 0 unspecified atom stereocenters. The van der Waals surface area contributed by atoms with Gasteiger partial charge in [-0.2, -0.15) is 0 Å². The third-order valence-corrected chi connectivity index (χ3v) is 6.29. The Bertz CT molecular complexity index is 242. The first-order chi connectivity index (χ1) is 12.8. The highest BCUT2D eigenvalue weighted by Crippen LogP contribution is 2.14. The van der Waals surface area contributed by atoms with Gasteiger partial charge in [0, 0.05) is 13.2 Å². The van der Waals surface area contributed by atoms with Gasteiger partial charge in [-0.3, -0.25) is 0 Å². The molecule has 26 heavy (non-hydrogen) atoms. The van der Waals surface area contributed by atoms with E-state index in [9.17, 15) is 0 Å². The lowest BCUT2D eigenvalue weighted by Crippen LogP contribution is -2.24. The molecule has 0 spiro atoms. The van der Waals surface area contributed by atoms with Crippen LogP contribution in [0.25, 0.3) is 0 Å². The van der Waals surface area contributed by atoms with Crippen LogP contribution in [-0.2, 0) is 9.47 Å². The number of ether oxygens (including phenoxy) is 2. The summed E-state index contributed by atoms with van der Waals surface area (Å²) in [4.78, 5) is 0. The number of unbranched alkanes of at least 4 members (excludes halogenated alkanes) is 15. The van der Waals surface area contributed by atoms with E-state index < -0.39 is 0 Å². The average molecular weight is 385 g/mol. The van der Waals surface area contributed by atoms with Crippen molar-refractivity contribution in [3.05, 3.63) is 0 Å². The van der Waals surface area contributed by atoms with Crippen molar-refractivity contribution in [2.45, 2.75) is 135 Å². The van der Waals surface area contributed by atoms with E-state index in [1.165, 1.54) is 109 Å². The van der Waals surface area contributed by atoms with Crippen LogP contribution in [0.4, 0.5) is 0 Å². The molecule has 0 aliphatic carbocycles. The normalized spacial score (nSPS) is 11.5. The molecule has 2 nitrogen and oxygen atoms in total. The number of hydrogen-bond donors (Lipinski definition) is 0. The van der Waals surface area contributed by atoms with Crippen molar-refractivity contribution in [3.63, 3.8) is 0 Å². The standard InChI is InChI=1S/C23H48O2Si/c1-4-7-8-9-10-11-12-13-14-15-16-17-18-19-20-21-22-26-23(24-5-2)25-6-3/h23H,4-22H2,1-3H3. The van der Waals surface area contributed by atoms with E-state index in [1.807, 2.05) is 13.8 Å². The summed E-state index contributed by atoms with van der Waals surface area (Å²) in [6, 6.07) is 1.27. The Morgan fingerprint density at radius 3 is 1.19 bits per heavy atom. The van der Waals surface area contributed by atoms with Gasteiger partial charge in [0.05, 0.1) is 0 Å². The molecule has 2 radical (unpaired) electrons. The first-order valence-electron chi connectivity index (χ1n) is 11.8. The highest BCUT2D eigenvalue weighted by Gasteiger charge is 2.08. The van der Waals surface area contributed by atoms with E-state index in [0.29, 0.717) is 0 Å². The van der Waals surface area contributed by atoms with Crippen LogP contribution in [0.3, 0.4) is 0 Å². The minimum absolute atomic E-state index is 0.0568. The summed E-state index contributed by atoms with van der Waals surface area (Å²) in [5, 5.41) is 0. The molecule has 0 aromatic carbocycles. The maximum Gasteiger partial charge on any atom is 0.137 e. The van der Waals surface area contributed by atoms with Crippen LogP contribution < -0.4 is 0 Å². The molecule has 0 aliphatic heterocycles. The third kappa shape index (κ3) is 20.4. The van der Waals surface area contributed by atoms with E-state index in [1.54, 1.807) is 0 Å². The van der Waals surface area contributed by atoms with E-state index >= 15 is 0 Å². The Hall–Kier alpha value is 0.137. The Labute approximate surface area is 168 Å². The average Bonchev–Trinajstić information content (AvgIpc) is 2.64. The molecule has 0 rings (SSSR count). The van der Waals surface area contributed by atoms with Gasteiger partial charge < -0.3 is 9.47 Å². The molecular formula is C23H48O2Si. The van der Waals surface area contributed by atoms with Gasteiger partial charge in [0.15, 0.2) is 0 Å². The first-order valence-corrected chi connectivity index (χ1v) is 13.1. The SMILES string of the molecule is CCCCCCCCCCCCCCCCCC[Si]C(OCC)OCC. The van der Waals surface area contributed by atoms with Crippen LogP contribution in [-0.4, -0.2) is 28.6 Å². The van der Waals surface area contributed by atoms with Crippen molar-refractivity contribution in [2.75, 3.05) is 13.2 Å². The topological polar surface area (TPSA) is 18.5 Å². The van der Waals surface area contributed by atoms with E-state index in [4.69, 9.17) is 9.47 Å². The molecule has 0 aromatic heterocycles. The molecule has 0 aromatic rings. The Morgan fingerprint density at radius 1 is 0.500 bits per heavy atom. The summed E-state index contributed by atoms with van der Waals surface area (Å²) in [7, 11) is 0.804. The zero-order valence-corrected chi connectivity index (χ0v) is 19.3. The van der Waals surface area contributed by atoms with Crippen molar-refractivity contribution in [1.29, 1.82) is 0 Å². The van der Waals surface area contributed by atoms with Gasteiger partial charge in [-0.05, 0) is 13.8 Å². The Balaban J connectivity index is 3.13. The lowest BCUT2D eigenvalue weighted by Gasteiger charge is -2.15. The maximum absolute atomic E-state index is 5.60. The van der Waals surface area contributed by atoms with E-state index in [0.717, 1.165) is 22.7 Å². The predicted octanol–water partition coefficient (Wildman–Crippen LogP) is 7.73. The molecule has 0 aliphatic rings. The van der Waals surface area contributed by atoms with Crippen LogP contribution in [0.1, 0.15) is 124 Å². The molecule has 3 heteroatoms. The number of rotatable bonds is 22. The molecule has 0 heterocycles. The fourth-order valence-electron chi connectivity index (χ4n) is 3.36. The number of hydrogen-bond acceptors (Lipinski definition) is 2. The summed E-state index contributed by atoms with van der Waals surface area (Å²) in [5.74, 6) is 0.0568. The van der Waals surface area contributed by atoms with Crippen molar-refractivity contribution < 1.29 is 9.47 Å². The van der Waals surface area contributed by atoms with Gasteiger partial charge in [0.2, 0.25) is 0 Å². The van der Waals surface area contributed by atoms with Crippen LogP contribution in [0.5, 0.6) is 0 Å². The van der Waals surface area contributed by atoms with Crippen molar-refractivity contribution in [1.82, 2.24) is 0 Å². The van der Waals surface area contributed by atoms with Crippen LogP contribution >= 0.6 is 0 Å². The predicted molar refractivity (Wildman–Crippen MR) is 117 cm³/mol. The molecule has 0 atom stereocenters. The van der Waals surface area contributed by atoms with Crippen LogP contribution in [0.15, 0.2) is 0 Å². The van der Waals surface area contributed by atoms with Crippen molar-refractivity contribution >= 4 is 9.52 Å². The van der Waals surface area contributed by atoms with Gasteiger partial charge in [0.25, 0.3) is 0 Å². The van der Waals surface area contributed by atoms with Crippen molar-refractivity contribution in [2.24, 2.45) is 0 Å². The minimum Gasteiger partial charge on any atom is -0.357 e. The summed E-state index contributed by atoms with van der Waals surface area (Å²) < 4.78 is 11.2. The smallest absolute Gasteiger partial charge is 0.137 e. The fourth-order valence-corrected chi connectivity index (χ4v) is 4.62. The zero-order valence-electron chi connectivity index (χ0n) is 18.3. The lowest BCUT2D eigenvalue weighted by molar-refractivity contribution is -0.0827. The second-order valence-electron chi connectivity index (χ2n) is 7.50. The van der Waals surface area contributed by atoms with E-state index in [2.05, 4.69) is 6.92 Å². The summed E-state index contributed by atoms with van der Waals surface area (Å²) >= 11 is 0.